The summed E-state index contributed by atoms with van der Waals surface area (Å²) >= 11 is 0. The standard InChI is InChI=1S/C19H21F3N4O.HI/c20-14-3-1-2-13(10-14)18(26-6-8-27-9-7-26)12-24-19(23)25-17-11-15(21)4-5-16(17)22;/h1-5,10-11,18H,6-9,12H2,(H3,23,24,25);1H. The Bertz CT molecular complexity index is 816. The fourth-order valence-electron chi connectivity index (χ4n) is 2.99. The zero-order chi connectivity index (χ0) is 19.2. The molecule has 1 heterocycles. The largest absolute Gasteiger partial charge is 0.379 e. The normalized spacial score (nSPS) is 16.3. The Morgan fingerprint density at radius 1 is 1.11 bits per heavy atom. The monoisotopic (exact) mass is 506 g/mol. The highest BCUT2D eigenvalue weighted by molar-refractivity contribution is 14.0. The van der Waals surface area contributed by atoms with E-state index in [2.05, 4.69) is 15.2 Å². The van der Waals surface area contributed by atoms with Crippen molar-refractivity contribution in [3.63, 3.8) is 0 Å². The molecule has 2 aromatic carbocycles. The van der Waals surface area contributed by atoms with Crippen LogP contribution in [0.15, 0.2) is 47.5 Å². The molecule has 0 amide bonds. The Balaban J connectivity index is 0.00000280. The van der Waals surface area contributed by atoms with Crippen molar-refractivity contribution in [2.24, 2.45) is 10.7 Å². The van der Waals surface area contributed by atoms with Crippen LogP contribution in [0.3, 0.4) is 0 Å². The van der Waals surface area contributed by atoms with E-state index in [0.717, 1.165) is 23.8 Å². The summed E-state index contributed by atoms with van der Waals surface area (Å²) in [6.07, 6.45) is 0. The number of guanidine groups is 1. The van der Waals surface area contributed by atoms with Crippen LogP contribution in [0, 0.1) is 17.5 Å². The number of hydrogen-bond acceptors (Lipinski definition) is 3. The summed E-state index contributed by atoms with van der Waals surface area (Å²) in [5.74, 6) is -1.60. The highest BCUT2D eigenvalue weighted by atomic mass is 127. The van der Waals surface area contributed by atoms with Crippen LogP contribution >= 0.6 is 24.0 Å². The molecule has 0 aromatic heterocycles. The van der Waals surface area contributed by atoms with Gasteiger partial charge >= 0.3 is 0 Å². The molecule has 9 heteroatoms. The Kier molecular flexibility index (Phi) is 8.52. The number of halogens is 4. The summed E-state index contributed by atoms with van der Waals surface area (Å²) in [7, 11) is 0. The van der Waals surface area contributed by atoms with Gasteiger partial charge in [-0.1, -0.05) is 12.1 Å². The lowest BCUT2D eigenvalue weighted by Gasteiger charge is -2.34. The third-order valence-electron chi connectivity index (χ3n) is 4.35. The molecule has 0 spiro atoms. The lowest BCUT2D eigenvalue weighted by molar-refractivity contribution is 0.0179. The van der Waals surface area contributed by atoms with Gasteiger partial charge in [0, 0.05) is 19.2 Å². The fraction of sp³-hybridized carbons (Fsp3) is 0.316. The number of benzene rings is 2. The summed E-state index contributed by atoms with van der Waals surface area (Å²) in [6.45, 7) is 2.76. The van der Waals surface area contributed by atoms with Gasteiger partial charge in [-0.2, -0.15) is 0 Å². The molecule has 3 N–H and O–H groups in total. The van der Waals surface area contributed by atoms with Crippen molar-refractivity contribution in [3.05, 3.63) is 65.5 Å². The second-order valence-corrected chi connectivity index (χ2v) is 6.19. The topological polar surface area (TPSA) is 62.9 Å². The molecular formula is C19H22F3IN4O. The van der Waals surface area contributed by atoms with E-state index in [-0.39, 0.29) is 54.0 Å². The first kappa shape index (κ1) is 22.4. The number of nitrogens with one attached hydrogen (secondary N) is 1. The number of aliphatic imine (C=N–C) groups is 1. The maximum atomic E-state index is 13.7. The highest BCUT2D eigenvalue weighted by Gasteiger charge is 2.23. The third kappa shape index (κ3) is 6.08. The van der Waals surface area contributed by atoms with Gasteiger partial charge in [-0.05, 0) is 29.8 Å². The lowest BCUT2D eigenvalue weighted by atomic mass is 10.0. The minimum absolute atomic E-state index is 0. The van der Waals surface area contributed by atoms with Gasteiger partial charge in [0.15, 0.2) is 5.96 Å². The Labute approximate surface area is 178 Å². The molecule has 0 aliphatic carbocycles. The molecule has 0 radical (unpaired) electrons. The Hall–Kier alpha value is -1.85. The van der Waals surface area contributed by atoms with Crippen molar-refractivity contribution in [1.82, 2.24) is 4.90 Å². The third-order valence-corrected chi connectivity index (χ3v) is 4.35. The van der Waals surface area contributed by atoms with Crippen LogP contribution in [0.25, 0.3) is 0 Å². The molecule has 1 unspecified atom stereocenters. The van der Waals surface area contributed by atoms with Crippen molar-refractivity contribution in [3.8, 4) is 0 Å². The fourth-order valence-corrected chi connectivity index (χ4v) is 2.99. The van der Waals surface area contributed by atoms with Crippen LogP contribution in [0.1, 0.15) is 11.6 Å². The first-order valence-corrected chi connectivity index (χ1v) is 8.62. The summed E-state index contributed by atoms with van der Waals surface area (Å²) in [5.41, 5.74) is 6.52. The molecule has 1 fully saturated rings. The molecular weight excluding hydrogens is 484 g/mol. The highest BCUT2D eigenvalue weighted by Crippen LogP contribution is 2.23. The van der Waals surface area contributed by atoms with Crippen molar-refractivity contribution in [2.75, 3.05) is 38.2 Å². The van der Waals surface area contributed by atoms with E-state index in [1.807, 2.05) is 6.07 Å². The zero-order valence-electron chi connectivity index (χ0n) is 15.1. The number of nitrogens with two attached hydrogens (primary N) is 1. The summed E-state index contributed by atoms with van der Waals surface area (Å²) in [4.78, 5) is 6.40. The van der Waals surface area contributed by atoms with Gasteiger partial charge in [0.1, 0.15) is 17.5 Å². The molecule has 28 heavy (non-hydrogen) atoms. The first-order chi connectivity index (χ1) is 13.0. The average Bonchev–Trinajstić information content (AvgIpc) is 2.66. The predicted octanol–water partition coefficient (Wildman–Crippen LogP) is 3.52. The van der Waals surface area contributed by atoms with Crippen LogP contribution in [0.5, 0.6) is 0 Å². The van der Waals surface area contributed by atoms with Gasteiger partial charge in [0.05, 0.1) is 31.5 Å². The predicted molar refractivity (Wildman–Crippen MR) is 113 cm³/mol. The molecule has 5 nitrogen and oxygen atoms in total. The molecule has 2 aromatic rings. The summed E-state index contributed by atoms with van der Waals surface area (Å²) in [5, 5.41) is 2.57. The van der Waals surface area contributed by atoms with Crippen molar-refractivity contribution >= 4 is 35.6 Å². The van der Waals surface area contributed by atoms with Crippen molar-refractivity contribution < 1.29 is 17.9 Å². The van der Waals surface area contributed by atoms with E-state index in [9.17, 15) is 13.2 Å². The SMILES string of the molecule is I.NC(=NCC(c1cccc(F)c1)N1CCOCC1)Nc1cc(F)ccc1F. The average molecular weight is 506 g/mol. The number of ether oxygens (including phenoxy) is 1. The maximum Gasteiger partial charge on any atom is 0.193 e. The van der Waals surface area contributed by atoms with Crippen LogP contribution < -0.4 is 11.1 Å². The summed E-state index contributed by atoms with van der Waals surface area (Å²) in [6, 6.07) is 9.14. The van der Waals surface area contributed by atoms with E-state index in [1.165, 1.54) is 12.1 Å². The second-order valence-electron chi connectivity index (χ2n) is 6.19. The Morgan fingerprint density at radius 2 is 1.82 bits per heavy atom. The van der Waals surface area contributed by atoms with Crippen LogP contribution in [0.2, 0.25) is 0 Å². The number of morpholine rings is 1. The molecule has 3 rings (SSSR count). The molecule has 0 bridgehead atoms. The van der Waals surface area contributed by atoms with E-state index in [4.69, 9.17) is 10.5 Å². The van der Waals surface area contributed by atoms with E-state index >= 15 is 0 Å². The summed E-state index contributed by atoms with van der Waals surface area (Å²) < 4.78 is 46.0. The van der Waals surface area contributed by atoms with Crippen LogP contribution in [-0.4, -0.2) is 43.7 Å². The van der Waals surface area contributed by atoms with Crippen LogP contribution in [-0.2, 0) is 4.74 Å². The molecule has 0 saturated carbocycles. The van der Waals surface area contributed by atoms with Crippen LogP contribution in [0.4, 0.5) is 18.9 Å². The second kappa shape index (κ2) is 10.6. The smallest absolute Gasteiger partial charge is 0.193 e. The maximum absolute atomic E-state index is 13.7. The molecule has 1 atom stereocenters. The van der Waals surface area contributed by atoms with Gasteiger partial charge in [0.25, 0.3) is 0 Å². The van der Waals surface area contributed by atoms with Gasteiger partial charge in [-0.15, -0.1) is 24.0 Å². The molecule has 1 aliphatic rings. The number of hydrogen-bond donors (Lipinski definition) is 2. The van der Waals surface area contributed by atoms with Gasteiger partial charge in [-0.25, -0.2) is 13.2 Å². The lowest BCUT2D eigenvalue weighted by Crippen LogP contribution is -2.40. The van der Waals surface area contributed by atoms with Crippen molar-refractivity contribution in [2.45, 2.75) is 6.04 Å². The number of nitrogens with zero attached hydrogens (tertiary/aromatic N) is 2. The zero-order valence-corrected chi connectivity index (χ0v) is 17.4. The minimum atomic E-state index is -0.635. The minimum Gasteiger partial charge on any atom is -0.379 e. The Morgan fingerprint density at radius 3 is 2.54 bits per heavy atom. The van der Waals surface area contributed by atoms with Gasteiger partial charge < -0.3 is 15.8 Å². The van der Waals surface area contributed by atoms with Gasteiger partial charge in [-0.3, -0.25) is 9.89 Å². The van der Waals surface area contributed by atoms with E-state index in [0.29, 0.717) is 26.3 Å². The van der Waals surface area contributed by atoms with Crippen molar-refractivity contribution in [1.29, 1.82) is 0 Å². The quantitative estimate of drug-likeness (QED) is 0.370. The van der Waals surface area contributed by atoms with E-state index in [1.54, 1.807) is 6.07 Å². The van der Waals surface area contributed by atoms with Gasteiger partial charge in [0.2, 0.25) is 0 Å². The molecule has 1 aliphatic heterocycles. The van der Waals surface area contributed by atoms with E-state index < -0.39 is 11.6 Å². The number of anilines is 1. The first-order valence-electron chi connectivity index (χ1n) is 8.62. The molecule has 1 saturated heterocycles. The molecule has 152 valence electrons. The number of rotatable bonds is 5.